The Morgan fingerprint density at radius 3 is 2.19 bits per heavy atom. The third kappa shape index (κ3) is 5.22. The molecule has 3 rings (SSSR count). The summed E-state index contributed by atoms with van der Waals surface area (Å²) < 4.78 is 15.0. The number of anilines is 2. The number of hydrogen-bond donors (Lipinski definition) is 0. The molecular formula is C24H31FN4OS. The molecular weight excluding hydrogens is 411 g/mol. The number of fused-ring (bicyclic) bond motifs is 1. The molecule has 0 saturated carbocycles. The van der Waals surface area contributed by atoms with E-state index in [0.717, 1.165) is 43.1 Å². The van der Waals surface area contributed by atoms with Gasteiger partial charge in [-0.1, -0.05) is 31.3 Å². The van der Waals surface area contributed by atoms with Crippen LogP contribution in [-0.2, 0) is 0 Å². The van der Waals surface area contributed by atoms with Crippen molar-refractivity contribution in [3.63, 3.8) is 0 Å². The molecule has 2 aromatic carbocycles. The molecule has 0 N–H and O–H groups in total. The van der Waals surface area contributed by atoms with Gasteiger partial charge in [0.2, 0.25) is 0 Å². The van der Waals surface area contributed by atoms with Crippen molar-refractivity contribution in [1.29, 1.82) is 0 Å². The van der Waals surface area contributed by atoms with Gasteiger partial charge < -0.3 is 9.80 Å². The van der Waals surface area contributed by atoms with E-state index in [4.69, 9.17) is 0 Å². The van der Waals surface area contributed by atoms with Gasteiger partial charge in [0.25, 0.3) is 5.91 Å². The van der Waals surface area contributed by atoms with Gasteiger partial charge in [-0.15, -0.1) is 0 Å². The summed E-state index contributed by atoms with van der Waals surface area (Å²) in [6, 6.07) is 12.6. The molecule has 0 aliphatic carbocycles. The molecule has 0 saturated heterocycles. The maximum absolute atomic E-state index is 14.2. The van der Waals surface area contributed by atoms with E-state index >= 15 is 0 Å². The van der Waals surface area contributed by atoms with E-state index in [2.05, 4.69) is 42.5 Å². The van der Waals surface area contributed by atoms with Crippen molar-refractivity contribution in [2.75, 3.05) is 49.1 Å². The quantitative estimate of drug-likeness (QED) is 0.429. The standard InChI is InChI=1S/C24H31FN4OS/c1-5-27(6-2)16-17-29(24-26-22-20(25)10-9-11-21(22)31-24)23(30)18-12-14-19(15-13-18)28(7-3)8-4/h9-15H,5-8,16-17H2,1-4H3. The second-order valence-electron chi connectivity index (χ2n) is 7.29. The van der Waals surface area contributed by atoms with Crippen molar-refractivity contribution in [3.8, 4) is 0 Å². The lowest BCUT2D eigenvalue weighted by Crippen LogP contribution is -2.38. The topological polar surface area (TPSA) is 39.7 Å². The van der Waals surface area contributed by atoms with Crippen molar-refractivity contribution in [2.24, 2.45) is 0 Å². The fourth-order valence-electron chi connectivity index (χ4n) is 3.64. The number of benzene rings is 2. The predicted octanol–water partition coefficient (Wildman–Crippen LogP) is 5.27. The van der Waals surface area contributed by atoms with Crippen molar-refractivity contribution in [2.45, 2.75) is 27.7 Å². The number of para-hydroxylation sites is 1. The number of halogens is 1. The van der Waals surface area contributed by atoms with Gasteiger partial charge in [-0.25, -0.2) is 9.37 Å². The van der Waals surface area contributed by atoms with E-state index in [0.29, 0.717) is 22.8 Å². The fourth-order valence-corrected chi connectivity index (χ4v) is 4.65. The molecule has 0 bridgehead atoms. The fraction of sp³-hybridized carbons (Fsp3) is 0.417. The Kier molecular flexibility index (Phi) is 7.98. The van der Waals surface area contributed by atoms with Gasteiger partial charge in [-0.3, -0.25) is 9.69 Å². The summed E-state index contributed by atoms with van der Waals surface area (Å²) >= 11 is 1.35. The molecule has 7 heteroatoms. The van der Waals surface area contributed by atoms with Gasteiger partial charge >= 0.3 is 0 Å². The van der Waals surface area contributed by atoms with Crippen molar-refractivity contribution in [1.82, 2.24) is 9.88 Å². The first kappa shape index (κ1) is 23.2. The minimum Gasteiger partial charge on any atom is -0.372 e. The van der Waals surface area contributed by atoms with Crippen LogP contribution in [0.25, 0.3) is 10.2 Å². The van der Waals surface area contributed by atoms with Crippen LogP contribution >= 0.6 is 11.3 Å². The summed E-state index contributed by atoms with van der Waals surface area (Å²) in [5, 5.41) is 0.532. The number of nitrogens with zero attached hydrogens (tertiary/aromatic N) is 4. The van der Waals surface area contributed by atoms with Crippen LogP contribution in [-0.4, -0.2) is 55.1 Å². The number of aromatic nitrogens is 1. The first-order valence-electron chi connectivity index (χ1n) is 11.0. The maximum atomic E-state index is 14.2. The van der Waals surface area contributed by atoms with Crippen LogP contribution in [0.2, 0.25) is 0 Å². The normalized spacial score (nSPS) is 11.3. The smallest absolute Gasteiger partial charge is 0.260 e. The Morgan fingerprint density at radius 2 is 1.61 bits per heavy atom. The predicted molar refractivity (Wildman–Crippen MR) is 129 cm³/mol. The van der Waals surface area contributed by atoms with Crippen molar-refractivity contribution in [3.05, 3.63) is 53.8 Å². The molecule has 1 amide bonds. The molecule has 0 spiro atoms. The van der Waals surface area contributed by atoms with E-state index in [9.17, 15) is 9.18 Å². The highest BCUT2D eigenvalue weighted by Gasteiger charge is 2.23. The number of amides is 1. The minimum absolute atomic E-state index is 0.113. The Balaban J connectivity index is 1.92. The highest BCUT2D eigenvalue weighted by molar-refractivity contribution is 7.22. The third-order valence-corrected chi connectivity index (χ3v) is 6.66. The Hall–Kier alpha value is -2.51. The Labute approximate surface area is 188 Å². The van der Waals surface area contributed by atoms with Crippen LogP contribution in [0.3, 0.4) is 0 Å². The molecule has 31 heavy (non-hydrogen) atoms. The maximum Gasteiger partial charge on any atom is 0.260 e. The highest BCUT2D eigenvalue weighted by atomic mass is 32.1. The summed E-state index contributed by atoms with van der Waals surface area (Å²) in [6.07, 6.45) is 0. The van der Waals surface area contributed by atoms with E-state index in [-0.39, 0.29) is 11.7 Å². The lowest BCUT2D eigenvalue weighted by atomic mass is 10.1. The van der Waals surface area contributed by atoms with Crippen LogP contribution in [0.5, 0.6) is 0 Å². The lowest BCUT2D eigenvalue weighted by Gasteiger charge is -2.25. The van der Waals surface area contributed by atoms with Gasteiger partial charge in [0.1, 0.15) is 11.3 Å². The summed E-state index contributed by atoms with van der Waals surface area (Å²) in [6.45, 7) is 13.3. The summed E-state index contributed by atoms with van der Waals surface area (Å²) in [4.78, 5) is 24.2. The molecule has 3 aromatic rings. The number of carbonyl (C=O) groups is 1. The average Bonchev–Trinajstić information content (AvgIpc) is 3.23. The minimum atomic E-state index is -0.361. The molecule has 5 nitrogen and oxygen atoms in total. The number of thiazole rings is 1. The van der Waals surface area contributed by atoms with Crippen molar-refractivity contribution < 1.29 is 9.18 Å². The van der Waals surface area contributed by atoms with Crippen LogP contribution in [0.4, 0.5) is 15.2 Å². The van der Waals surface area contributed by atoms with E-state index in [1.54, 1.807) is 11.0 Å². The second-order valence-corrected chi connectivity index (χ2v) is 8.29. The SMILES string of the molecule is CCN(CC)CCN(C(=O)c1ccc(N(CC)CC)cc1)c1nc2c(F)cccc2s1. The summed E-state index contributed by atoms with van der Waals surface area (Å²) in [7, 11) is 0. The molecule has 0 aliphatic rings. The first-order chi connectivity index (χ1) is 15.0. The molecule has 1 aromatic heterocycles. The van der Waals surface area contributed by atoms with E-state index < -0.39 is 0 Å². The highest BCUT2D eigenvalue weighted by Crippen LogP contribution is 2.31. The second kappa shape index (κ2) is 10.7. The largest absolute Gasteiger partial charge is 0.372 e. The Bertz CT molecular complexity index is 996. The van der Waals surface area contributed by atoms with Crippen molar-refractivity contribution >= 4 is 38.3 Å². The zero-order valence-corrected chi connectivity index (χ0v) is 19.6. The first-order valence-corrected chi connectivity index (χ1v) is 11.8. The number of likely N-dealkylation sites (N-methyl/N-ethyl adjacent to an activating group) is 1. The van der Waals surface area contributed by atoms with Crippen LogP contribution in [0.15, 0.2) is 42.5 Å². The van der Waals surface area contributed by atoms with Gasteiger partial charge in [0.15, 0.2) is 5.13 Å². The van der Waals surface area contributed by atoms with Crippen LogP contribution in [0, 0.1) is 5.82 Å². The van der Waals surface area contributed by atoms with Gasteiger partial charge in [-0.2, -0.15) is 0 Å². The van der Waals surface area contributed by atoms with Gasteiger partial charge in [-0.05, 0) is 63.3 Å². The zero-order valence-electron chi connectivity index (χ0n) is 18.8. The van der Waals surface area contributed by atoms with E-state index in [1.807, 2.05) is 30.3 Å². The molecule has 0 fully saturated rings. The number of hydrogen-bond acceptors (Lipinski definition) is 5. The van der Waals surface area contributed by atoms with Crippen LogP contribution < -0.4 is 9.80 Å². The zero-order chi connectivity index (χ0) is 22.4. The molecule has 0 atom stereocenters. The Morgan fingerprint density at radius 1 is 0.935 bits per heavy atom. The van der Waals surface area contributed by atoms with Gasteiger partial charge in [0, 0.05) is 37.4 Å². The number of rotatable bonds is 10. The summed E-state index contributed by atoms with van der Waals surface area (Å²) in [5.41, 5.74) is 2.02. The molecule has 0 aliphatic heterocycles. The molecule has 166 valence electrons. The molecule has 0 unspecified atom stereocenters. The average molecular weight is 443 g/mol. The lowest BCUT2D eigenvalue weighted by molar-refractivity contribution is 0.0984. The summed E-state index contributed by atoms with van der Waals surface area (Å²) in [5.74, 6) is -0.475. The molecule has 1 heterocycles. The molecule has 0 radical (unpaired) electrons. The monoisotopic (exact) mass is 442 g/mol. The number of carbonyl (C=O) groups excluding carboxylic acids is 1. The van der Waals surface area contributed by atoms with E-state index in [1.165, 1.54) is 17.4 Å². The third-order valence-electron chi connectivity index (χ3n) is 5.61. The van der Waals surface area contributed by atoms with Gasteiger partial charge in [0.05, 0.1) is 4.70 Å². The van der Waals surface area contributed by atoms with Crippen LogP contribution in [0.1, 0.15) is 38.1 Å².